The van der Waals surface area contributed by atoms with Gasteiger partial charge in [-0.1, -0.05) is 96.1 Å². The van der Waals surface area contributed by atoms with E-state index in [0.717, 1.165) is 28.2 Å². The van der Waals surface area contributed by atoms with Crippen LogP contribution >= 0.6 is 0 Å². The minimum Gasteiger partial charge on any atom is -0.497 e. The Morgan fingerprint density at radius 1 is 0.727 bits per heavy atom. The molecule has 10 nitrogen and oxygen atoms in total. The molecule has 0 radical (unpaired) electrons. The lowest BCUT2D eigenvalue weighted by atomic mass is 9.79. The molecule has 0 bridgehead atoms. The van der Waals surface area contributed by atoms with Crippen molar-refractivity contribution < 1.29 is 27.8 Å². The van der Waals surface area contributed by atoms with Gasteiger partial charge >= 0.3 is 5.69 Å². The largest absolute Gasteiger partial charge is 0.497 e. The molecule has 0 saturated carbocycles. The second kappa shape index (κ2) is 16.0. The molecule has 1 aliphatic heterocycles. The number of rotatable bonds is 14. The molecule has 1 fully saturated rings. The molecule has 0 amide bonds. The fourth-order valence-corrected chi connectivity index (χ4v) is 8.84. The van der Waals surface area contributed by atoms with Crippen LogP contribution in [0.3, 0.4) is 0 Å². The normalized spacial score (nSPS) is 19.7. The summed E-state index contributed by atoms with van der Waals surface area (Å²) in [5.41, 5.74) is -0.724. The van der Waals surface area contributed by atoms with Crippen molar-refractivity contribution in [3.8, 4) is 11.5 Å². The standard InChI is InChI=1S/C43H60N2O8Si2/c1-40(2,3)54(9,10)51-30-42(36(53-55(11,12)41(4,5)6)28-38(52-42)45-27-26-37(46)44-39(45)47)29-50-43(31-16-14-13-15-17-31,32-18-22-34(48-7)23-19-32)33-20-24-35(49-8)25-21-33/h13-27,36,38H,28-30H2,1-12H3,(H,44,46,47)/t36-,38+,42+/m0/s1. The zero-order valence-corrected chi connectivity index (χ0v) is 36.6. The SMILES string of the molecule is COc1ccc(C(OC[C@]2(CO[Si](C)(C)C(C)(C)C)O[C@@H](n3ccc(=O)[nH]c3=O)C[C@@H]2O[Si](C)(C)C(C)(C)C)(c2ccccc2)c2ccc(OC)cc2)cc1. The first-order valence-corrected chi connectivity index (χ1v) is 24.8. The number of ether oxygens (including phenoxy) is 4. The number of aromatic nitrogens is 2. The molecule has 3 aromatic carbocycles. The molecule has 0 unspecified atom stereocenters. The predicted molar refractivity (Wildman–Crippen MR) is 222 cm³/mol. The van der Waals surface area contributed by atoms with Gasteiger partial charge in [-0.3, -0.25) is 14.3 Å². The summed E-state index contributed by atoms with van der Waals surface area (Å²) in [6.07, 6.45) is 0.525. The molecule has 0 aliphatic carbocycles. The van der Waals surface area contributed by atoms with Gasteiger partial charge in [0.2, 0.25) is 0 Å². The third-order valence-corrected chi connectivity index (χ3v) is 20.9. The lowest BCUT2D eigenvalue weighted by Gasteiger charge is -2.46. The first-order valence-electron chi connectivity index (χ1n) is 19.0. The summed E-state index contributed by atoms with van der Waals surface area (Å²) in [4.78, 5) is 27.9. The van der Waals surface area contributed by atoms with Gasteiger partial charge < -0.3 is 27.8 Å². The molecular weight excluding hydrogens is 729 g/mol. The lowest BCUT2D eigenvalue weighted by Crippen LogP contribution is -2.57. The van der Waals surface area contributed by atoms with Crippen LogP contribution in [0.15, 0.2) is 101 Å². The Bertz CT molecular complexity index is 1950. The first-order chi connectivity index (χ1) is 25.7. The third kappa shape index (κ3) is 8.79. The van der Waals surface area contributed by atoms with Crippen molar-refractivity contribution in [2.75, 3.05) is 27.4 Å². The van der Waals surface area contributed by atoms with Gasteiger partial charge in [0.25, 0.3) is 5.56 Å². The Labute approximate surface area is 328 Å². The number of benzene rings is 3. The van der Waals surface area contributed by atoms with Gasteiger partial charge in [0, 0.05) is 18.7 Å². The molecule has 0 spiro atoms. The molecule has 298 valence electrons. The van der Waals surface area contributed by atoms with Crippen LogP contribution in [0.4, 0.5) is 0 Å². The van der Waals surface area contributed by atoms with E-state index in [0.29, 0.717) is 6.42 Å². The Morgan fingerprint density at radius 2 is 1.24 bits per heavy atom. The van der Waals surface area contributed by atoms with Crippen LogP contribution in [0.1, 0.15) is 70.9 Å². The average molecular weight is 789 g/mol. The van der Waals surface area contributed by atoms with E-state index in [2.05, 4.69) is 84.8 Å². The fourth-order valence-electron chi connectivity index (χ4n) is 6.42. The van der Waals surface area contributed by atoms with Crippen LogP contribution < -0.4 is 20.7 Å². The zero-order chi connectivity index (χ0) is 40.5. The number of hydrogen-bond donors (Lipinski definition) is 1. The van der Waals surface area contributed by atoms with Crippen molar-refractivity contribution in [1.29, 1.82) is 0 Å². The van der Waals surface area contributed by atoms with E-state index in [1.54, 1.807) is 14.2 Å². The summed E-state index contributed by atoms with van der Waals surface area (Å²) in [7, 11) is -1.54. The highest BCUT2D eigenvalue weighted by atomic mass is 28.4. The van der Waals surface area contributed by atoms with E-state index in [-0.39, 0.29) is 23.3 Å². The van der Waals surface area contributed by atoms with Crippen LogP contribution in [0.5, 0.6) is 11.5 Å². The van der Waals surface area contributed by atoms with Crippen molar-refractivity contribution >= 4 is 16.6 Å². The number of hydrogen-bond acceptors (Lipinski definition) is 8. The van der Waals surface area contributed by atoms with Crippen LogP contribution in [-0.2, 0) is 23.9 Å². The lowest BCUT2D eigenvalue weighted by molar-refractivity contribution is -0.173. The second-order valence-electron chi connectivity index (χ2n) is 17.6. The quantitative estimate of drug-likeness (QED) is 0.1000. The molecule has 4 aromatic rings. The minimum atomic E-state index is -2.46. The topological polar surface area (TPSA) is 110 Å². The van der Waals surface area contributed by atoms with E-state index < -0.39 is 51.4 Å². The van der Waals surface area contributed by atoms with Crippen LogP contribution in [0, 0.1) is 0 Å². The van der Waals surface area contributed by atoms with Gasteiger partial charge in [0.05, 0.1) is 33.5 Å². The van der Waals surface area contributed by atoms with E-state index in [4.69, 9.17) is 27.8 Å². The maximum absolute atomic E-state index is 13.3. The van der Waals surface area contributed by atoms with Crippen LogP contribution in [-0.4, -0.2) is 65.3 Å². The molecule has 3 atom stereocenters. The highest BCUT2D eigenvalue weighted by Gasteiger charge is 2.56. The number of H-pyrrole nitrogens is 1. The molecular formula is C43H60N2O8Si2. The molecule has 1 saturated heterocycles. The summed E-state index contributed by atoms with van der Waals surface area (Å²) >= 11 is 0. The molecule has 1 aromatic heterocycles. The molecule has 12 heteroatoms. The van der Waals surface area contributed by atoms with Crippen LogP contribution in [0.2, 0.25) is 36.3 Å². The van der Waals surface area contributed by atoms with Gasteiger partial charge in [-0.15, -0.1) is 0 Å². The van der Waals surface area contributed by atoms with Crippen molar-refractivity contribution in [1.82, 2.24) is 9.55 Å². The van der Waals surface area contributed by atoms with E-state index in [1.807, 2.05) is 66.7 Å². The van der Waals surface area contributed by atoms with Gasteiger partial charge in [0.15, 0.2) is 16.6 Å². The van der Waals surface area contributed by atoms with Gasteiger partial charge in [-0.25, -0.2) is 4.79 Å². The second-order valence-corrected chi connectivity index (χ2v) is 27.2. The number of nitrogens with zero attached hydrogens (tertiary/aromatic N) is 1. The number of aromatic amines is 1. The Kier molecular flexibility index (Phi) is 12.3. The maximum atomic E-state index is 13.3. The summed E-state index contributed by atoms with van der Waals surface area (Å²) in [5, 5.41) is -0.231. The van der Waals surface area contributed by atoms with E-state index in [1.165, 1.54) is 16.8 Å². The summed E-state index contributed by atoms with van der Waals surface area (Å²) in [6.45, 7) is 22.3. The summed E-state index contributed by atoms with van der Waals surface area (Å²) < 4.78 is 41.7. The highest BCUT2D eigenvalue weighted by Crippen LogP contribution is 2.49. The van der Waals surface area contributed by atoms with Gasteiger partial charge in [-0.2, -0.15) is 0 Å². The third-order valence-electron chi connectivity index (χ3n) is 12.0. The van der Waals surface area contributed by atoms with Crippen LogP contribution in [0.25, 0.3) is 0 Å². The molecule has 2 heterocycles. The zero-order valence-electron chi connectivity index (χ0n) is 34.6. The van der Waals surface area contributed by atoms with E-state index >= 15 is 0 Å². The highest BCUT2D eigenvalue weighted by molar-refractivity contribution is 6.74. The van der Waals surface area contributed by atoms with Crippen molar-refractivity contribution in [3.63, 3.8) is 0 Å². The van der Waals surface area contributed by atoms with Crippen molar-refractivity contribution in [3.05, 3.63) is 129 Å². The average Bonchev–Trinajstić information content (AvgIpc) is 3.47. The van der Waals surface area contributed by atoms with E-state index in [9.17, 15) is 9.59 Å². The van der Waals surface area contributed by atoms with Gasteiger partial charge in [0.1, 0.15) is 28.9 Å². The molecule has 5 rings (SSSR count). The monoisotopic (exact) mass is 788 g/mol. The number of methoxy groups -OCH3 is 2. The summed E-state index contributed by atoms with van der Waals surface area (Å²) in [5.74, 6) is 1.44. The van der Waals surface area contributed by atoms with Crippen molar-refractivity contribution in [2.24, 2.45) is 0 Å². The Balaban J connectivity index is 1.75. The molecule has 55 heavy (non-hydrogen) atoms. The Morgan fingerprint density at radius 3 is 1.71 bits per heavy atom. The maximum Gasteiger partial charge on any atom is 0.330 e. The smallest absolute Gasteiger partial charge is 0.330 e. The van der Waals surface area contributed by atoms with Crippen molar-refractivity contribution in [2.45, 2.75) is 108 Å². The fraction of sp³-hybridized carbons (Fsp3) is 0.488. The molecule has 1 N–H and O–H groups in total. The molecule has 1 aliphatic rings. The Hall–Kier alpha value is -3.79. The number of nitrogens with one attached hydrogen (secondary N) is 1. The summed E-state index contributed by atoms with van der Waals surface area (Å²) in [6, 6.07) is 27.3. The first kappa shape index (κ1) is 42.4. The van der Waals surface area contributed by atoms with Gasteiger partial charge in [-0.05, 0) is 77.2 Å². The predicted octanol–water partition coefficient (Wildman–Crippen LogP) is 8.63. The minimum absolute atomic E-state index is 0.0302.